The molecule has 0 aromatic heterocycles. The number of hydrogen-bond donors (Lipinski definition) is 1. The van der Waals surface area contributed by atoms with Crippen molar-refractivity contribution >= 4 is 5.91 Å². The average Bonchev–Trinajstić information content (AvgIpc) is 2.98. The number of carbonyl (C=O) groups excluding carboxylic acids is 1. The summed E-state index contributed by atoms with van der Waals surface area (Å²) in [6.07, 6.45) is 6.44. The molecule has 1 rings (SSSR count). The van der Waals surface area contributed by atoms with Gasteiger partial charge in [0.15, 0.2) is 0 Å². The molecule has 1 N–H and O–H groups in total. The Hall–Kier alpha value is -0.830. The van der Waals surface area contributed by atoms with Gasteiger partial charge in [-0.2, -0.15) is 0 Å². The van der Waals surface area contributed by atoms with Crippen LogP contribution < -0.4 is 5.32 Å². The van der Waals surface area contributed by atoms with Gasteiger partial charge >= 0.3 is 0 Å². The number of hydrogen-bond acceptors (Lipinski definition) is 2. The van der Waals surface area contributed by atoms with Crippen LogP contribution in [0.5, 0.6) is 0 Å². The zero-order valence-corrected chi connectivity index (χ0v) is 9.05. The molecule has 0 saturated heterocycles. The average molecular weight is 197 g/mol. The van der Waals surface area contributed by atoms with E-state index in [2.05, 4.69) is 29.6 Å². The molecule has 0 bridgehead atoms. The van der Waals surface area contributed by atoms with E-state index in [0.29, 0.717) is 6.54 Å². The van der Waals surface area contributed by atoms with Gasteiger partial charge in [-0.1, -0.05) is 18.6 Å². The first-order chi connectivity index (χ1) is 6.76. The molecule has 0 spiro atoms. The van der Waals surface area contributed by atoms with Gasteiger partial charge < -0.3 is 5.32 Å². The summed E-state index contributed by atoms with van der Waals surface area (Å²) in [4.78, 5) is 13.4. The highest BCUT2D eigenvalue weighted by Crippen LogP contribution is 2.20. The molecule has 0 heterocycles. The van der Waals surface area contributed by atoms with Gasteiger partial charge in [0.2, 0.25) is 5.91 Å². The van der Waals surface area contributed by atoms with Gasteiger partial charge in [-0.05, 0) is 19.4 Å². The molecule has 0 fully saturated rings. The topological polar surface area (TPSA) is 32.3 Å². The molecule has 0 atom stereocenters. The van der Waals surface area contributed by atoms with Crippen LogP contribution in [0.4, 0.5) is 0 Å². The second-order valence-corrected chi connectivity index (χ2v) is 3.61. The van der Waals surface area contributed by atoms with E-state index < -0.39 is 0 Å². The van der Waals surface area contributed by atoms with Crippen molar-refractivity contribution in [3.8, 4) is 0 Å². The fourth-order valence-electron chi connectivity index (χ4n) is 1.38. The molecular formula is C11H21N2O. The van der Waals surface area contributed by atoms with Gasteiger partial charge in [0.1, 0.15) is 0 Å². The lowest BCUT2D eigenvalue weighted by Crippen LogP contribution is -2.36. The van der Waals surface area contributed by atoms with Gasteiger partial charge in [0.05, 0.1) is 6.54 Å². The van der Waals surface area contributed by atoms with E-state index in [0.717, 1.165) is 25.9 Å². The lowest BCUT2D eigenvalue weighted by atomic mass is 10.3. The lowest BCUT2D eigenvalue weighted by Gasteiger charge is -2.19. The van der Waals surface area contributed by atoms with E-state index >= 15 is 0 Å². The summed E-state index contributed by atoms with van der Waals surface area (Å²) >= 11 is 0. The minimum Gasteiger partial charge on any atom is -0.358 e. The third-order valence-corrected chi connectivity index (χ3v) is 2.30. The summed E-state index contributed by atoms with van der Waals surface area (Å²) in [5.41, 5.74) is 1.42. The number of amides is 1. The quantitative estimate of drug-likeness (QED) is 0.665. The highest BCUT2D eigenvalue weighted by atomic mass is 16.1. The van der Waals surface area contributed by atoms with E-state index in [1.807, 2.05) is 0 Å². The summed E-state index contributed by atoms with van der Waals surface area (Å²) in [6.45, 7) is 4.65. The Kier molecular flexibility index (Phi) is 4.66. The van der Waals surface area contributed by atoms with Crippen molar-refractivity contribution in [1.29, 1.82) is 0 Å². The SMILES string of the molecule is CCCN(CCC1=C[CH]1)CC(=O)NC.[HH]. The molecule has 1 aliphatic rings. The molecule has 3 nitrogen and oxygen atoms in total. The number of nitrogens with zero attached hydrogens (tertiary/aromatic N) is 1. The predicted molar refractivity (Wildman–Crippen MR) is 59.9 cm³/mol. The first kappa shape index (κ1) is 11.2. The molecule has 1 amide bonds. The molecule has 0 unspecified atom stereocenters. The molecule has 0 aromatic rings. The molecule has 14 heavy (non-hydrogen) atoms. The Bertz CT molecular complexity index is 229. The van der Waals surface area contributed by atoms with Crippen LogP contribution in [-0.4, -0.2) is 37.5 Å². The Morgan fingerprint density at radius 3 is 2.79 bits per heavy atom. The summed E-state index contributed by atoms with van der Waals surface area (Å²) in [7, 11) is 1.68. The Labute approximate surface area is 87.6 Å². The van der Waals surface area contributed by atoms with Crippen LogP contribution >= 0.6 is 0 Å². The second-order valence-electron chi connectivity index (χ2n) is 3.61. The zero-order chi connectivity index (χ0) is 10.4. The summed E-state index contributed by atoms with van der Waals surface area (Å²) in [6, 6.07) is 0. The van der Waals surface area contributed by atoms with Crippen LogP contribution in [0.2, 0.25) is 0 Å². The van der Waals surface area contributed by atoms with E-state index in [-0.39, 0.29) is 7.33 Å². The smallest absolute Gasteiger partial charge is 0.233 e. The van der Waals surface area contributed by atoms with Crippen molar-refractivity contribution in [3.63, 3.8) is 0 Å². The molecule has 81 valence electrons. The minimum absolute atomic E-state index is 0. The highest BCUT2D eigenvalue weighted by Gasteiger charge is 2.12. The largest absolute Gasteiger partial charge is 0.358 e. The van der Waals surface area contributed by atoms with Crippen LogP contribution in [0.1, 0.15) is 21.2 Å². The van der Waals surface area contributed by atoms with Gasteiger partial charge in [-0.15, -0.1) is 0 Å². The fourth-order valence-corrected chi connectivity index (χ4v) is 1.38. The first-order valence-electron chi connectivity index (χ1n) is 5.23. The molecule has 0 aliphatic heterocycles. The molecular weight excluding hydrogens is 176 g/mol. The van der Waals surface area contributed by atoms with Crippen molar-refractivity contribution < 1.29 is 6.22 Å². The number of carbonyl (C=O) groups is 1. The minimum atomic E-state index is 0. The normalized spacial score (nSPS) is 14.1. The molecule has 1 radical (unpaired) electrons. The predicted octanol–water partition coefficient (Wildman–Crippen LogP) is 1.22. The number of nitrogens with one attached hydrogen (secondary N) is 1. The van der Waals surface area contributed by atoms with Crippen molar-refractivity contribution in [1.82, 2.24) is 10.2 Å². The molecule has 0 saturated carbocycles. The molecule has 1 aliphatic carbocycles. The maximum Gasteiger partial charge on any atom is 0.233 e. The second kappa shape index (κ2) is 5.81. The maximum absolute atomic E-state index is 11.2. The molecule has 3 heteroatoms. The van der Waals surface area contributed by atoms with Gasteiger partial charge in [0.25, 0.3) is 0 Å². The lowest BCUT2D eigenvalue weighted by molar-refractivity contribution is -0.121. The molecule has 0 aromatic carbocycles. The summed E-state index contributed by atoms with van der Waals surface area (Å²) in [5.74, 6) is 0.104. The van der Waals surface area contributed by atoms with Crippen LogP contribution in [0.25, 0.3) is 0 Å². The zero-order valence-electron chi connectivity index (χ0n) is 9.05. The van der Waals surface area contributed by atoms with Crippen molar-refractivity contribution in [2.45, 2.75) is 19.8 Å². The monoisotopic (exact) mass is 197 g/mol. The highest BCUT2D eigenvalue weighted by molar-refractivity contribution is 5.77. The van der Waals surface area contributed by atoms with E-state index in [1.165, 1.54) is 5.57 Å². The number of likely N-dealkylation sites (N-methyl/N-ethyl adjacent to an activating group) is 1. The maximum atomic E-state index is 11.2. The Balaban J connectivity index is 0.00000196. The Morgan fingerprint density at radius 1 is 1.57 bits per heavy atom. The third-order valence-electron chi connectivity index (χ3n) is 2.30. The van der Waals surface area contributed by atoms with E-state index in [1.54, 1.807) is 7.05 Å². The van der Waals surface area contributed by atoms with Crippen molar-refractivity contribution in [2.24, 2.45) is 0 Å². The fraction of sp³-hybridized carbons (Fsp3) is 0.636. The third kappa shape index (κ3) is 4.42. The number of rotatable bonds is 7. The summed E-state index contributed by atoms with van der Waals surface area (Å²) < 4.78 is 0. The standard InChI is InChI=1S/C11H19N2O.H2/c1-3-7-13(9-11(14)12-2)8-6-10-4-5-10;/h4-5H,3,6-9H2,1-2H3,(H,12,14);1H. The van der Waals surface area contributed by atoms with Crippen LogP contribution in [-0.2, 0) is 4.79 Å². The van der Waals surface area contributed by atoms with Crippen LogP contribution in [0, 0.1) is 6.42 Å². The van der Waals surface area contributed by atoms with Crippen LogP contribution in [0.3, 0.4) is 0 Å². The van der Waals surface area contributed by atoms with Gasteiger partial charge in [0, 0.05) is 21.4 Å². The van der Waals surface area contributed by atoms with Crippen molar-refractivity contribution in [2.75, 3.05) is 26.7 Å². The van der Waals surface area contributed by atoms with Crippen molar-refractivity contribution in [3.05, 3.63) is 18.1 Å². The number of allylic oxidation sites excluding steroid dienone is 1. The first-order valence-corrected chi connectivity index (χ1v) is 5.23. The summed E-state index contributed by atoms with van der Waals surface area (Å²) in [5, 5.41) is 2.65. The van der Waals surface area contributed by atoms with Crippen LogP contribution in [0.15, 0.2) is 11.6 Å². The van der Waals surface area contributed by atoms with Gasteiger partial charge in [-0.3, -0.25) is 9.69 Å². The van der Waals surface area contributed by atoms with Gasteiger partial charge in [-0.25, -0.2) is 0 Å². The Morgan fingerprint density at radius 2 is 2.29 bits per heavy atom. The van der Waals surface area contributed by atoms with E-state index in [4.69, 9.17) is 0 Å². The van der Waals surface area contributed by atoms with E-state index in [9.17, 15) is 4.79 Å².